The minimum Gasteiger partial charge on any atom is -0.508 e. The molecule has 0 aliphatic rings. The van der Waals surface area contributed by atoms with Crippen LogP contribution in [0.1, 0.15) is 29.5 Å². The Morgan fingerprint density at radius 3 is 2.43 bits per heavy atom. The van der Waals surface area contributed by atoms with Crippen molar-refractivity contribution in [3.8, 4) is 17.2 Å². The largest absolute Gasteiger partial charge is 0.508 e. The van der Waals surface area contributed by atoms with Crippen molar-refractivity contribution < 1.29 is 25.2 Å². The number of aliphatic hydroxyl groups excluding tert-OH is 1. The van der Waals surface area contributed by atoms with Crippen LogP contribution >= 0.6 is 0 Å². The number of hydrogen-bond acceptors (Lipinski definition) is 5. The highest BCUT2D eigenvalue weighted by Crippen LogP contribution is 2.38. The van der Waals surface area contributed by atoms with Crippen molar-refractivity contribution in [2.75, 3.05) is 0 Å². The van der Waals surface area contributed by atoms with Gasteiger partial charge in [0, 0.05) is 11.1 Å². The number of phenols is 3. The second-order valence-electron chi connectivity index (χ2n) is 4.80. The number of phenolic OH excluding ortho intramolecular Hbond substituents is 2. The number of benzene rings is 2. The summed E-state index contributed by atoms with van der Waals surface area (Å²) in [6, 6.07) is 8.85. The molecule has 2 aromatic carbocycles. The number of Topliss-reactive ketones (excluding diaryl/α,β-unsaturated/α-hetero) is 1. The Balaban J connectivity index is 2.59. The molecule has 2 aromatic rings. The average Bonchev–Trinajstić information content (AvgIpc) is 2.45. The Morgan fingerprint density at radius 2 is 1.81 bits per heavy atom. The first-order chi connectivity index (χ1) is 9.95. The van der Waals surface area contributed by atoms with Gasteiger partial charge in [0.2, 0.25) is 0 Å². The number of rotatable bonds is 4. The summed E-state index contributed by atoms with van der Waals surface area (Å²) in [4.78, 5) is 12.0. The molecule has 110 valence electrons. The SMILES string of the molecule is CC(=O)C(c1ccc(O)c(CO)c1)c1cccc(O)c1O. The molecule has 0 heterocycles. The molecule has 0 aliphatic heterocycles. The molecule has 5 nitrogen and oxygen atoms in total. The van der Waals surface area contributed by atoms with E-state index in [1.807, 2.05) is 0 Å². The van der Waals surface area contributed by atoms with E-state index in [0.29, 0.717) is 11.1 Å². The quantitative estimate of drug-likeness (QED) is 0.645. The molecule has 0 aliphatic carbocycles. The van der Waals surface area contributed by atoms with Crippen LogP contribution in [0.3, 0.4) is 0 Å². The molecular formula is C16H16O5. The zero-order chi connectivity index (χ0) is 15.6. The van der Waals surface area contributed by atoms with E-state index in [1.165, 1.54) is 31.2 Å². The molecular weight excluding hydrogens is 272 g/mol. The molecule has 0 amide bonds. The summed E-state index contributed by atoms with van der Waals surface area (Å²) >= 11 is 0. The van der Waals surface area contributed by atoms with Crippen molar-refractivity contribution in [3.05, 3.63) is 53.1 Å². The molecule has 21 heavy (non-hydrogen) atoms. The van der Waals surface area contributed by atoms with Gasteiger partial charge in [0.25, 0.3) is 0 Å². The standard InChI is InChI=1S/C16H16O5/c1-9(18)15(12-3-2-4-14(20)16(12)21)10-5-6-13(19)11(7-10)8-17/h2-7,15,17,19-21H,8H2,1H3. The van der Waals surface area contributed by atoms with Crippen LogP contribution in [0.4, 0.5) is 0 Å². The monoisotopic (exact) mass is 288 g/mol. The molecule has 2 rings (SSSR count). The third-order valence-corrected chi connectivity index (χ3v) is 3.37. The molecule has 0 radical (unpaired) electrons. The van der Waals surface area contributed by atoms with Gasteiger partial charge in [-0.2, -0.15) is 0 Å². The molecule has 4 N–H and O–H groups in total. The van der Waals surface area contributed by atoms with Gasteiger partial charge in [-0.15, -0.1) is 0 Å². The first-order valence-electron chi connectivity index (χ1n) is 6.39. The van der Waals surface area contributed by atoms with Crippen molar-refractivity contribution in [1.29, 1.82) is 0 Å². The predicted molar refractivity (Wildman–Crippen MR) is 76.3 cm³/mol. The molecule has 0 saturated heterocycles. The lowest BCUT2D eigenvalue weighted by atomic mass is 9.86. The Kier molecular flexibility index (Phi) is 4.14. The van der Waals surface area contributed by atoms with Crippen LogP contribution in [0, 0.1) is 0 Å². The van der Waals surface area contributed by atoms with Gasteiger partial charge >= 0.3 is 0 Å². The van der Waals surface area contributed by atoms with Crippen LogP contribution in [-0.2, 0) is 11.4 Å². The van der Waals surface area contributed by atoms with Gasteiger partial charge in [0.1, 0.15) is 11.5 Å². The topological polar surface area (TPSA) is 98.0 Å². The highest BCUT2D eigenvalue weighted by atomic mass is 16.3. The van der Waals surface area contributed by atoms with E-state index in [1.54, 1.807) is 12.1 Å². The van der Waals surface area contributed by atoms with E-state index in [-0.39, 0.29) is 35.2 Å². The summed E-state index contributed by atoms with van der Waals surface area (Å²) in [5, 5.41) is 38.3. The third-order valence-electron chi connectivity index (χ3n) is 3.37. The molecule has 1 unspecified atom stereocenters. The highest BCUT2D eigenvalue weighted by molar-refractivity contribution is 5.88. The van der Waals surface area contributed by atoms with Gasteiger partial charge in [0.15, 0.2) is 11.5 Å². The summed E-state index contributed by atoms with van der Waals surface area (Å²) in [6.45, 7) is 1.01. The number of aliphatic hydroxyl groups is 1. The van der Waals surface area contributed by atoms with Crippen LogP contribution in [0.5, 0.6) is 17.2 Å². The van der Waals surface area contributed by atoms with E-state index >= 15 is 0 Å². The summed E-state index contributed by atoms with van der Waals surface area (Å²) in [7, 11) is 0. The van der Waals surface area contributed by atoms with Crippen LogP contribution in [0.15, 0.2) is 36.4 Å². The van der Waals surface area contributed by atoms with Crippen LogP contribution in [0.2, 0.25) is 0 Å². The summed E-state index contributed by atoms with van der Waals surface area (Å²) < 4.78 is 0. The van der Waals surface area contributed by atoms with Crippen molar-refractivity contribution >= 4 is 5.78 Å². The van der Waals surface area contributed by atoms with Crippen LogP contribution in [0.25, 0.3) is 0 Å². The third kappa shape index (κ3) is 2.83. The Hall–Kier alpha value is -2.53. The van der Waals surface area contributed by atoms with Gasteiger partial charge < -0.3 is 20.4 Å². The Bertz CT molecular complexity index is 678. The van der Waals surface area contributed by atoms with Crippen LogP contribution in [-0.4, -0.2) is 26.2 Å². The van der Waals surface area contributed by atoms with E-state index < -0.39 is 5.92 Å². The summed E-state index contributed by atoms with van der Waals surface area (Å²) in [5.74, 6) is -1.74. The molecule has 0 saturated carbocycles. The van der Waals surface area contributed by atoms with Gasteiger partial charge in [-0.1, -0.05) is 18.2 Å². The molecule has 0 fully saturated rings. The number of para-hydroxylation sites is 1. The van der Waals surface area contributed by atoms with Gasteiger partial charge in [0.05, 0.1) is 12.5 Å². The van der Waals surface area contributed by atoms with E-state index in [0.717, 1.165) is 0 Å². The lowest BCUT2D eigenvalue weighted by Gasteiger charge is -2.18. The van der Waals surface area contributed by atoms with Gasteiger partial charge in [-0.3, -0.25) is 4.79 Å². The molecule has 0 aromatic heterocycles. The second-order valence-corrected chi connectivity index (χ2v) is 4.80. The molecule has 1 atom stereocenters. The molecule has 0 spiro atoms. The summed E-state index contributed by atoms with van der Waals surface area (Å²) in [5.41, 5.74) is 1.08. The fourth-order valence-corrected chi connectivity index (χ4v) is 2.33. The Morgan fingerprint density at radius 1 is 1.10 bits per heavy atom. The Labute approximate surface area is 121 Å². The number of ketones is 1. The average molecular weight is 288 g/mol. The zero-order valence-electron chi connectivity index (χ0n) is 11.4. The van der Waals surface area contributed by atoms with Crippen molar-refractivity contribution in [2.45, 2.75) is 19.4 Å². The van der Waals surface area contributed by atoms with E-state index in [2.05, 4.69) is 0 Å². The molecule has 5 heteroatoms. The van der Waals surface area contributed by atoms with E-state index in [4.69, 9.17) is 0 Å². The predicted octanol–water partition coefficient (Wildman–Crippen LogP) is 2.02. The zero-order valence-corrected chi connectivity index (χ0v) is 11.4. The first kappa shape index (κ1) is 14.9. The smallest absolute Gasteiger partial charge is 0.161 e. The maximum Gasteiger partial charge on any atom is 0.161 e. The maximum absolute atomic E-state index is 12.0. The minimum atomic E-state index is -0.789. The highest BCUT2D eigenvalue weighted by Gasteiger charge is 2.24. The second kappa shape index (κ2) is 5.85. The van der Waals surface area contributed by atoms with Crippen LogP contribution < -0.4 is 0 Å². The number of hydrogen-bond donors (Lipinski definition) is 4. The number of aromatic hydroxyl groups is 3. The number of carbonyl (C=O) groups excluding carboxylic acids is 1. The molecule has 0 bridgehead atoms. The fraction of sp³-hybridized carbons (Fsp3) is 0.188. The lowest BCUT2D eigenvalue weighted by molar-refractivity contribution is -0.117. The van der Waals surface area contributed by atoms with E-state index in [9.17, 15) is 25.2 Å². The maximum atomic E-state index is 12.0. The normalized spacial score (nSPS) is 12.1. The van der Waals surface area contributed by atoms with Crippen molar-refractivity contribution in [3.63, 3.8) is 0 Å². The van der Waals surface area contributed by atoms with Crippen molar-refractivity contribution in [2.24, 2.45) is 0 Å². The minimum absolute atomic E-state index is 0.0660. The lowest BCUT2D eigenvalue weighted by Crippen LogP contribution is -2.11. The van der Waals surface area contributed by atoms with Crippen molar-refractivity contribution in [1.82, 2.24) is 0 Å². The number of carbonyl (C=O) groups is 1. The van der Waals surface area contributed by atoms with Gasteiger partial charge in [-0.05, 0) is 30.7 Å². The summed E-state index contributed by atoms with van der Waals surface area (Å²) in [6.07, 6.45) is 0. The fourth-order valence-electron chi connectivity index (χ4n) is 2.33. The first-order valence-corrected chi connectivity index (χ1v) is 6.39. The van der Waals surface area contributed by atoms with Gasteiger partial charge in [-0.25, -0.2) is 0 Å².